The number of rotatable bonds is 2. The lowest BCUT2D eigenvalue weighted by Crippen LogP contribution is -2.09. The van der Waals surface area contributed by atoms with Crippen LogP contribution in [-0.4, -0.2) is 16.2 Å². The normalized spacial score (nSPS) is 16.5. The van der Waals surface area contributed by atoms with E-state index in [2.05, 4.69) is 0 Å². The average molecular weight is 236 g/mol. The summed E-state index contributed by atoms with van der Waals surface area (Å²) in [7, 11) is 0. The molecule has 1 aliphatic rings. The number of benzene rings is 1. The Bertz CT molecular complexity index is 306. The maximum Gasteiger partial charge on any atom is 0.337 e. The van der Waals surface area contributed by atoms with Crippen LogP contribution in [0.3, 0.4) is 0 Å². The molecule has 0 aliphatic heterocycles. The van der Waals surface area contributed by atoms with Gasteiger partial charge >= 0.3 is 5.97 Å². The molecule has 0 amide bonds. The van der Waals surface area contributed by atoms with Gasteiger partial charge in [-0.25, -0.2) is 4.79 Å². The zero-order chi connectivity index (χ0) is 12.5. The van der Waals surface area contributed by atoms with Crippen molar-refractivity contribution >= 4 is 5.97 Å². The van der Waals surface area contributed by atoms with Gasteiger partial charge in [0, 0.05) is 0 Å². The first-order valence-corrected chi connectivity index (χ1v) is 6.17. The SMILES string of the molecule is C1CCCCC1.O=C(O)C(O)c1ccccc1. The fourth-order valence-electron chi connectivity index (χ4n) is 1.84. The smallest absolute Gasteiger partial charge is 0.337 e. The van der Waals surface area contributed by atoms with E-state index in [0.29, 0.717) is 5.56 Å². The Labute approximate surface area is 102 Å². The number of carbonyl (C=O) groups is 1. The third kappa shape index (κ3) is 5.50. The fourth-order valence-corrected chi connectivity index (χ4v) is 1.84. The van der Waals surface area contributed by atoms with Crippen LogP contribution in [-0.2, 0) is 4.79 Å². The van der Waals surface area contributed by atoms with E-state index in [0.717, 1.165) is 0 Å². The van der Waals surface area contributed by atoms with Gasteiger partial charge in [0.25, 0.3) is 0 Å². The second-order valence-electron chi connectivity index (χ2n) is 4.27. The first-order chi connectivity index (χ1) is 8.22. The van der Waals surface area contributed by atoms with Crippen molar-refractivity contribution in [1.29, 1.82) is 0 Å². The van der Waals surface area contributed by atoms with Gasteiger partial charge in [0.15, 0.2) is 6.10 Å². The van der Waals surface area contributed by atoms with Gasteiger partial charge in [-0.05, 0) is 5.56 Å². The van der Waals surface area contributed by atoms with Crippen molar-refractivity contribution < 1.29 is 15.0 Å². The van der Waals surface area contributed by atoms with Gasteiger partial charge in [-0.3, -0.25) is 0 Å². The van der Waals surface area contributed by atoms with E-state index in [-0.39, 0.29) is 0 Å². The van der Waals surface area contributed by atoms with Crippen LogP contribution in [0, 0.1) is 0 Å². The molecule has 1 aromatic rings. The van der Waals surface area contributed by atoms with Crippen molar-refractivity contribution in [3.63, 3.8) is 0 Å². The van der Waals surface area contributed by atoms with E-state index < -0.39 is 12.1 Å². The predicted molar refractivity (Wildman–Crippen MR) is 66.7 cm³/mol. The van der Waals surface area contributed by atoms with Crippen LogP contribution in [0.15, 0.2) is 30.3 Å². The van der Waals surface area contributed by atoms with Crippen molar-refractivity contribution in [3.8, 4) is 0 Å². The minimum absolute atomic E-state index is 0.403. The number of aliphatic carboxylic acids is 1. The lowest BCUT2D eigenvalue weighted by Gasteiger charge is -2.05. The first kappa shape index (κ1) is 13.7. The van der Waals surface area contributed by atoms with Crippen LogP contribution < -0.4 is 0 Å². The van der Waals surface area contributed by atoms with Crippen LogP contribution in [0.2, 0.25) is 0 Å². The maximum absolute atomic E-state index is 10.2. The van der Waals surface area contributed by atoms with E-state index in [1.807, 2.05) is 0 Å². The van der Waals surface area contributed by atoms with Crippen molar-refractivity contribution in [1.82, 2.24) is 0 Å². The summed E-state index contributed by atoms with van der Waals surface area (Å²) >= 11 is 0. The highest BCUT2D eigenvalue weighted by Crippen LogP contribution is 2.15. The van der Waals surface area contributed by atoms with Crippen LogP contribution in [0.25, 0.3) is 0 Å². The molecule has 94 valence electrons. The van der Waals surface area contributed by atoms with E-state index in [9.17, 15) is 4.79 Å². The Morgan fingerprint density at radius 3 is 1.71 bits per heavy atom. The van der Waals surface area contributed by atoms with Gasteiger partial charge in [-0.1, -0.05) is 68.9 Å². The molecule has 2 N–H and O–H groups in total. The second kappa shape index (κ2) is 7.85. The summed E-state index contributed by atoms with van der Waals surface area (Å²) in [6.45, 7) is 0. The number of hydrogen-bond donors (Lipinski definition) is 2. The molecule has 1 unspecified atom stereocenters. The topological polar surface area (TPSA) is 57.5 Å². The van der Waals surface area contributed by atoms with Crippen molar-refractivity contribution in [2.24, 2.45) is 0 Å². The zero-order valence-electron chi connectivity index (χ0n) is 10.0. The summed E-state index contributed by atoms with van der Waals surface area (Å²) in [5.74, 6) is -1.23. The molecular weight excluding hydrogens is 216 g/mol. The predicted octanol–water partition coefficient (Wildman–Crippen LogP) is 3.15. The summed E-state index contributed by atoms with van der Waals surface area (Å²) in [5.41, 5.74) is 0.403. The lowest BCUT2D eigenvalue weighted by molar-refractivity contribution is -0.146. The largest absolute Gasteiger partial charge is 0.479 e. The summed E-state index contributed by atoms with van der Waals surface area (Å²) in [6, 6.07) is 8.26. The first-order valence-electron chi connectivity index (χ1n) is 6.17. The standard InChI is InChI=1S/C8H8O3.C6H12/c9-7(8(10)11)6-4-2-1-3-5-6;1-2-4-6-5-3-1/h1-5,7,9H,(H,10,11);1-6H2. The van der Waals surface area contributed by atoms with Crippen LogP contribution in [0.4, 0.5) is 0 Å². The van der Waals surface area contributed by atoms with Gasteiger partial charge < -0.3 is 10.2 Å². The zero-order valence-corrected chi connectivity index (χ0v) is 10.0. The maximum atomic E-state index is 10.2. The van der Waals surface area contributed by atoms with Gasteiger partial charge in [-0.2, -0.15) is 0 Å². The quantitative estimate of drug-likeness (QED) is 0.829. The Balaban J connectivity index is 0.000000202. The fraction of sp³-hybridized carbons (Fsp3) is 0.500. The monoisotopic (exact) mass is 236 g/mol. The molecule has 2 rings (SSSR count). The van der Waals surface area contributed by atoms with Crippen molar-refractivity contribution in [2.75, 3.05) is 0 Å². The minimum atomic E-state index is -1.41. The van der Waals surface area contributed by atoms with Gasteiger partial charge in [-0.15, -0.1) is 0 Å². The third-order valence-electron chi connectivity index (χ3n) is 2.85. The van der Waals surface area contributed by atoms with E-state index in [1.54, 1.807) is 30.3 Å². The number of carboxylic acids is 1. The second-order valence-corrected chi connectivity index (χ2v) is 4.27. The van der Waals surface area contributed by atoms with Crippen LogP contribution in [0.5, 0.6) is 0 Å². The Morgan fingerprint density at radius 2 is 1.35 bits per heavy atom. The number of hydrogen-bond acceptors (Lipinski definition) is 2. The van der Waals surface area contributed by atoms with Gasteiger partial charge in [0.1, 0.15) is 0 Å². The van der Waals surface area contributed by atoms with E-state index in [4.69, 9.17) is 10.2 Å². The molecule has 1 fully saturated rings. The van der Waals surface area contributed by atoms with Crippen molar-refractivity contribution in [3.05, 3.63) is 35.9 Å². The summed E-state index contributed by atoms with van der Waals surface area (Å²) < 4.78 is 0. The molecule has 3 heteroatoms. The molecule has 1 aromatic carbocycles. The third-order valence-corrected chi connectivity index (χ3v) is 2.85. The Morgan fingerprint density at radius 1 is 0.941 bits per heavy atom. The molecule has 0 saturated heterocycles. The molecule has 0 spiro atoms. The van der Waals surface area contributed by atoms with Crippen LogP contribution in [0.1, 0.15) is 50.2 Å². The lowest BCUT2D eigenvalue weighted by atomic mass is 10.0. The molecule has 17 heavy (non-hydrogen) atoms. The number of aliphatic hydroxyl groups is 1. The van der Waals surface area contributed by atoms with Gasteiger partial charge in [0.2, 0.25) is 0 Å². The molecule has 1 aliphatic carbocycles. The summed E-state index contributed by atoms with van der Waals surface area (Å²) in [5, 5.41) is 17.4. The molecular formula is C14H20O3. The highest BCUT2D eigenvalue weighted by Gasteiger charge is 2.14. The molecule has 0 bridgehead atoms. The number of carboxylic acid groups (broad SMARTS) is 1. The summed E-state index contributed by atoms with van der Waals surface area (Å²) in [4.78, 5) is 10.2. The molecule has 1 atom stereocenters. The molecule has 0 radical (unpaired) electrons. The summed E-state index contributed by atoms with van der Waals surface area (Å²) in [6.07, 6.45) is 7.59. The molecule has 1 saturated carbocycles. The Hall–Kier alpha value is -1.35. The minimum Gasteiger partial charge on any atom is -0.479 e. The molecule has 0 heterocycles. The molecule has 3 nitrogen and oxygen atoms in total. The van der Waals surface area contributed by atoms with Gasteiger partial charge in [0.05, 0.1) is 0 Å². The average Bonchev–Trinajstić information content (AvgIpc) is 2.41. The number of aliphatic hydroxyl groups excluding tert-OH is 1. The van der Waals surface area contributed by atoms with Crippen molar-refractivity contribution in [2.45, 2.75) is 44.6 Å². The van der Waals surface area contributed by atoms with E-state index >= 15 is 0 Å². The van der Waals surface area contributed by atoms with E-state index in [1.165, 1.54) is 38.5 Å². The highest BCUT2D eigenvalue weighted by molar-refractivity contribution is 5.73. The Kier molecular flexibility index (Phi) is 6.33. The molecule has 0 aromatic heterocycles. The highest BCUT2D eigenvalue weighted by atomic mass is 16.4. The van der Waals surface area contributed by atoms with Crippen LogP contribution >= 0.6 is 0 Å².